The van der Waals surface area contributed by atoms with Gasteiger partial charge in [0.15, 0.2) is 0 Å². The first-order valence-electron chi connectivity index (χ1n) is 5.93. The van der Waals surface area contributed by atoms with Crippen LogP contribution in [-0.2, 0) is 6.54 Å². The van der Waals surface area contributed by atoms with Gasteiger partial charge in [-0.15, -0.1) is 0 Å². The van der Waals surface area contributed by atoms with Gasteiger partial charge in [-0.3, -0.25) is 4.79 Å². The predicted molar refractivity (Wildman–Crippen MR) is 89.1 cm³/mol. The van der Waals surface area contributed by atoms with E-state index < -0.39 is 0 Å². The largest absolute Gasteiger partial charge is 0.337 e. The van der Waals surface area contributed by atoms with E-state index in [4.69, 9.17) is 11.6 Å². The zero-order chi connectivity index (χ0) is 14.7. The van der Waals surface area contributed by atoms with E-state index in [0.29, 0.717) is 17.1 Å². The summed E-state index contributed by atoms with van der Waals surface area (Å²) in [4.78, 5) is 14.0. The van der Waals surface area contributed by atoms with Gasteiger partial charge in [0.1, 0.15) is 0 Å². The maximum atomic E-state index is 12.4. The van der Waals surface area contributed by atoms with Gasteiger partial charge in [0.25, 0.3) is 5.91 Å². The second kappa shape index (κ2) is 6.74. The maximum Gasteiger partial charge on any atom is 0.253 e. The molecule has 2 rings (SSSR count). The molecule has 20 heavy (non-hydrogen) atoms. The first-order chi connectivity index (χ1) is 9.49. The van der Waals surface area contributed by atoms with E-state index in [9.17, 15) is 4.79 Å². The van der Waals surface area contributed by atoms with Crippen LogP contribution >= 0.6 is 43.5 Å². The van der Waals surface area contributed by atoms with Crippen LogP contribution in [0.3, 0.4) is 0 Å². The lowest BCUT2D eigenvalue weighted by atomic mass is 10.1. The lowest BCUT2D eigenvalue weighted by molar-refractivity contribution is 0.0785. The molecule has 0 saturated carbocycles. The molecule has 0 heterocycles. The fourth-order valence-electron chi connectivity index (χ4n) is 1.80. The predicted octanol–water partition coefficient (Wildman–Crippen LogP) is 5.14. The SMILES string of the molecule is CN(Cc1ccccc1Br)C(=O)c1ccc(Br)c(Cl)c1. The number of nitrogens with zero attached hydrogens (tertiary/aromatic N) is 1. The Morgan fingerprint density at radius 2 is 1.85 bits per heavy atom. The molecule has 0 aliphatic heterocycles. The summed E-state index contributed by atoms with van der Waals surface area (Å²) in [6.45, 7) is 0.536. The van der Waals surface area contributed by atoms with Crippen LogP contribution in [0.4, 0.5) is 0 Å². The van der Waals surface area contributed by atoms with Crippen LogP contribution in [0.25, 0.3) is 0 Å². The number of hydrogen-bond donors (Lipinski definition) is 0. The molecule has 0 fully saturated rings. The van der Waals surface area contributed by atoms with Gasteiger partial charge in [0.05, 0.1) is 5.02 Å². The van der Waals surface area contributed by atoms with Crippen LogP contribution in [0.2, 0.25) is 5.02 Å². The van der Waals surface area contributed by atoms with Gasteiger partial charge in [-0.25, -0.2) is 0 Å². The van der Waals surface area contributed by atoms with E-state index in [1.807, 2.05) is 24.3 Å². The Bertz CT molecular complexity index is 646. The van der Waals surface area contributed by atoms with Crippen molar-refractivity contribution in [2.75, 3.05) is 7.05 Å². The van der Waals surface area contributed by atoms with Crippen LogP contribution in [0, 0.1) is 0 Å². The number of carbonyl (C=O) groups excluding carboxylic acids is 1. The number of benzene rings is 2. The van der Waals surface area contributed by atoms with Crippen molar-refractivity contribution >= 4 is 49.4 Å². The molecule has 0 atom stereocenters. The first kappa shape index (κ1) is 15.5. The zero-order valence-corrected chi connectivity index (χ0v) is 14.7. The van der Waals surface area contributed by atoms with Crippen LogP contribution in [-0.4, -0.2) is 17.9 Å². The van der Waals surface area contributed by atoms with Crippen LogP contribution < -0.4 is 0 Å². The summed E-state index contributed by atoms with van der Waals surface area (Å²) in [5.41, 5.74) is 1.64. The average molecular weight is 418 g/mol. The Labute approximate surface area is 140 Å². The zero-order valence-electron chi connectivity index (χ0n) is 10.7. The lowest BCUT2D eigenvalue weighted by Gasteiger charge is -2.18. The Balaban J connectivity index is 2.16. The molecule has 0 aliphatic rings. The van der Waals surface area contributed by atoms with Gasteiger partial charge in [-0.2, -0.15) is 0 Å². The van der Waals surface area contributed by atoms with E-state index in [2.05, 4.69) is 31.9 Å². The lowest BCUT2D eigenvalue weighted by Crippen LogP contribution is -2.26. The van der Waals surface area contributed by atoms with E-state index in [1.165, 1.54) is 0 Å². The Morgan fingerprint density at radius 3 is 2.50 bits per heavy atom. The summed E-state index contributed by atoms with van der Waals surface area (Å²) in [6.07, 6.45) is 0. The molecule has 104 valence electrons. The monoisotopic (exact) mass is 415 g/mol. The van der Waals surface area contributed by atoms with Gasteiger partial charge in [0, 0.05) is 28.1 Å². The molecule has 0 aromatic heterocycles. The van der Waals surface area contributed by atoms with Crippen molar-refractivity contribution in [2.24, 2.45) is 0 Å². The number of hydrogen-bond acceptors (Lipinski definition) is 1. The molecular formula is C15H12Br2ClNO. The van der Waals surface area contributed by atoms with Gasteiger partial charge < -0.3 is 4.90 Å². The molecule has 2 nitrogen and oxygen atoms in total. The van der Waals surface area contributed by atoms with Crippen molar-refractivity contribution in [3.8, 4) is 0 Å². The van der Waals surface area contributed by atoms with Crippen molar-refractivity contribution in [1.82, 2.24) is 4.90 Å². The normalized spacial score (nSPS) is 10.4. The molecule has 0 saturated heterocycles. The fourth-order valence-corrected chi connectivity index (χ4v) is 2.64. The third-order valence-electron chi connectivity index (χ3n) is 2.88. The van der Waals surface area contributed by atoms with Crippen molar-refractivity contribution in [3.05, 3.63) is 67.6 Å². The molecular weight excluding hydrogens is 405 g/mol. The van der Waals surface area contributed by atoms with Crippen molar-refractivity contribution < 1.29 is 4.79 Å². The highest BCUT2D eigenvalue weighted by molar-refractivity contribution is 9.10. The summed E-state index contributed by atoms with van der Waals surface area (Å²) >= 11 is 12.8. The number of amides is 1. The second-order valence-electron chi connectivity index (χ2n) is 4.38. The molecule has 1 amide bonds. The highest BCUT2D eigenvalue weighted by Gasteiger charge is 2.14. The van der Waals surface area contributed by atoms with E-state index >= 15 is 0 Å². The molecule has 0 N–H and O–H groups in total. The third kappa shape index (κ3) is 3.62. The first-order valence-corrected chi connectivity index (χ1v) is 7.89. The van der Waals surface area contributed by atoms with E-state index in [-0.39, 0.29) is 5.91 Å². The minimum absolute atomic E-state index is 0.0600. The average Bonchev–Trinajstić information content (AvgIpc) is 2.43. The maximum absolute atomic E-state index is 12.4. The molecule has 0 spiro atoms. The molecule has 0 bridgehead atoms. The Hall–Kier alpha value is -0.840. The fraction of sp³-hybridized carbons (Fsp3) is 0.133. The van der Waals surface area contributed by atoms with Gasteiger partial charge >= 0.3 is 0 Å². The summed E-state index contributed by atoms with van der Waals surface area (Å²) in [5.74, 6) is -0.0600. The van der Waals surface area contributed by atoms with Crippen molar-refractivity contribution in [1.29, 1.82) is 0 Å². The highest BCUT2D eigenvalue weighted by atomic mass is 79.9. The van der Waals surface area contributed by atoms with Crippen molar-refractivity contribution in [2.45, 2.75) is 6.54 Å². The summed E-state index contributed by atoms with van der Waals surface area (Å²) in [5, 5.41) is 0.533. The number of rotatable bonds is 3. The Kier molecular flexibility index (Phi) is 5.24. The molecule has 5 heteroatoms. The smallest absolute Gasteiger partial charge is 0.253 e. The second-order valence-corrected chi connectivity index (χ2v) is 6.50. The minimum Gasteiger partial charge on any atom is -0.337 e. The quantitative estimate of drug-likeness (QED) is 0.677. The highest BCUT2D eigenvalue weighted by Crippen LogP contribution is 2.24. The molecule has 2 aromatic carbocycles. The number of halogens is 3. The third-order valence-corrected chi connectivity index (χ3v) is 4.88. The van der Waals surface area contributed by atoms with Crippen LogP contribution in [0.1, 0.15) is 15.9 Å². The standard InChI is InChI=1S/C15H12Br2ClNO/c1-19(9-11-4-2-3-5-12(11)16)15(20)10-6-7-13(17)14(18)8-10/h2-8H,9H2,1H3. The molecule has 0 unspecified atom stereocenters. The topological polar surface area (TPSA) is 20.3 Å². The van der Waals surface area contributed by atoms with E-state index in [1.54, 1.807) is 30.1 Å². The molecule has 2 aromatic rings. The summed E-state index contributed by atoms with van der Waals surface area (Å²) in [6, 6.07) is 13.1. The minimum atomic E-state index is -0.0600. The Morgan fingerprint density at radius 1 is 1.15 bits per heavy atom. The molecule has 0 radical (unpaired) electrons. The van der Waals surface area contributed by atoms with Crippen molar-refractivity contribution in [3.63, 3.8) is 0 Å². The molecule has 0 aliphatic carbocycles. The number of carbonyl (C=O) groups is 1. The van der Waals surface area contributed by atoms with Crippen LogP contribution in [0.5, 0.6) is 0 Å². The van der Waals surface area contributed by atoms with Gasteiger partial charge in [-0.1, -0.05) is 45.7 Å². The van der Waals surface area contributed by atoms with Crippen LogP contribution in [0.15, 0.2) is 51.4 Å². The van der Waals surface area contributed by atoms with Gasteiger partial charge in [0.2, 0.25) is 0 Å². The summed E-state index contributed by atoms with van der Waals surface area (Å²) < 4.78 is 1.78. The van der Waals surface area contributed by atoms with Gasteiger partial charge in [-0.05, 0) is 45.8 Å². The van der Waals surface area contributed by atoms with E-state index in [0.717, 1.165) is 14.5 Å². The summed E-state index contributed by atoms with van der Waals surface area (Å²) in [7, 11) is 1.78.